The monoisotopic (exact) mass is 246 g/mol. The lowest BCUT2D eigenvalue weighted by molar-refractivity contribution is 0.0932. The van der Waals surface area contributed by atoms with Gasteiger partial charge in [-0.3, -0.25) is 4.79 Å². The lowest BCUT2D eigenvalue weighted by Gasteiger charge is -2.16. The molecule has 0 heterocycles. The number of halogens is 1. The highest BCUT2D eigenvalue weighted by molar-refractivity contribution is 5.95. The van der Waals surface area contributed by atoms with Crippen LogP contribution < -0.4 is 5.32 Å². The molecule has 0 spiro atoms. The van der Waals surface area contributed by atoms with Crippen molar-refractivity contribution in [1.82, 2.24) is 5.32 Å². The number of carbonyl (C=O) groups excluding carboxylic acids is 1. The summed E-state index contributed by atoms with van der Waals surface area (Å²) in [5, 5.41) is 11.8. The zero-order valence-corrected chi connectivity index (χ0v) is 10.2. The van der Waals surface area contributed by atoms with Crippen LogP contribution in [-0.4, -0.2) is 11.9 Å². The smallest absolute Gasteiger partial charge is 0.251 e. The molecule has 1 fully saturated rings. The van der Waals surface area contributed by atoms with Gasteiger partial charge in [0.25, 0.3) is 5.91 Å². The van der Waals surface area contributed by atoms with Crippen LogP contribution in [0.15, 0.2) is 18.2 Å². The Morgan fingerprint density at radius 3 is 2.94 bits per heavy atom. The van der Waals surface area contributed by atoms with E-state index in [1.807, 2.05) is 0 Å². The minimum absolute atomic E-state index is 0.0769. The van der Waals surface area contributed by atoms with E-state index in [1.165, 1.54) is 18.2 Å². The van der Waals surface area contributed by atoms with Crippen LogP contribution in [0.1, 0.15) is 35.2 Å². The number of carbonyl (C=O) groups is 1. The molecule has 1 saturated carbocycles. The van der Waals surface area contributed by atoms with E-state index in [1.54, 1.807) is 6.92 Å². The fraction of sp³-hybridized carbons (Fsp3) is 0.429. The van der Waals surface area contributed by atoms with Gasteiger partial charge in [-0.15, -0.1) is 0 Å². The molecule has 0 radical (unpaired) electrons. The molecule has 1 aliphatic carbocycles. The van der Waals surface area contributed by atoms with Gasteiger partial charge < -0.3 is 5.32 Å². The van der Waals surface area contributed by atoms with Crippen LogP contribution in [0.5, 0.6) is 0 Å². The van der Waals surface area contributed by atoms with Gasteiger partial charge in [-0.2, -0.15) is 5.26 Å². The fourth-order valence-electron chi connectivity index (χ4n) is 2.42. The van der Waals surface area contributed by atoms with E-state index in [9.17, 15) is 9.18 Å². The Morgan fingerprint density at radius 2 is 2.28 bits per heavy atom. The average molecular weight is 246 g/mol. The average Bonchev–Trinajstić information content (AvgIpc) is 2.76. The first-order chi connectivity index (χ1) is 8.61. The molecule has 0 bridgehead atoms. The number of nitrogens with one attached hydrogen (secondary N) is 1. The summed E-state index contributed by atoms with van der Waals surface area (Å²) in [6.07, 6.45) is 2.64. The van der Waals surface area contributed by atoms with Crippen LogP contribution >= 0.6 is 0 Å². The van der Waals surface area contributed by atoms with Crippen LogP contribution in [-0.2, 0) is 0 Å². The van der Waals surface area contributed by atoms with Crippen LogP contribution in [0.25, 0.3) is 0 Å². The lowest BCUT2D eigenvalue weighted by atomic mass is 10.0. The molecule has 1 aromatic carbocycles. The summed E-state index contributed by atoms with van der Waals surface area (Å²) in [6.45, 7) is 1.70. The molecule has 94 valence electrons. The number of rotatable bonds is 2. The van der Waals surface area contributed by atoms with Gasteiger partial charge >= 0.3 is 0 Å². The first kappa shape index (κ1) is 12.6. The second kappa shape index (κ2) is 5.18. The number of benzene rings is 1. The van der Waals surface area contributed by atoms with Crippen LogP contribution in [0.3, 0.4) is 0 Å². The van der Waals surface area contributed by atoms with Crippen LogP contribution in [0.2, 0.25) is 0 Å². The normalized spacial score (nSPS) is 22.5. The van der Waals surface area contributed by atoms with E-state index in [-0.39, 0.29) is 23.7 Å². The Balaban J connectivity index is 2.10. The van der Waals surface area contributed by atoms with Crippen LogP contribution in [0, 0.1) is 30.0 Å². The van der Waals surface area contributed by atoms with E-state index >= 15 is 0 Å². The summed E-state index contributed by atoms with van der Waals surface area (Å²) in [4.78, 5) is 12.1. The first-order valence-electron chi connectivity index (χ1n) is 6.08. The van der Waals surface area contributed by atoms with E-state index in [0.29, 0.717) is 11.1 Å². The van der Waals surface area contributed by atoms with Crippen molar-refractivity contribution in [3.63, 3.8) is 0 Å². The summed E-state index contributed by atoms with van der Waals surface area (Å²) in [5.41, 5.74) is 1.08. The maximum Gasteiger partial charge on any atom is 0.251 e. The van der Waals surface area contributed by atoms with Crippen molar-refractivity contribution in [2.75, 3.05) is 0 Å². The highest BCUT2D eigenvalue weighted by Gasteiger charge is 2.28. The fourth-order valence-corrected chi connectivity index (χ4v) is 2.42. The summed E-state index contributed by atoms with van der Waals surface area (Å²) < 4.78 is 13.0. The van der Waals surface area contributed by atoms with Crippen molar-refractivity contribution in [3.8, 4) is 6.07 Å². The van der Waals surface area contributed by atoms with Gasteiger partial charge in [0.15, 0.2) is 0 Å². The quantitative estimate of drug-likeness (QED) is 0.871. The maximum atomic E-state index is 13.0. The van der Waals surface area contributed by atoms with Gasteiger partial charge in [-0.1, -0.05) is 0 Å². The second-order valence-electron chi connectivity index (χ2n) is 4.71. The molecular weight excluding hydrogens is 231 g/mol. The topological polar surface area (TPSA) is 52.9 Å². The molecule has 2 unspecified atom stereocenters. The van der Waals surface area contributed by atoms with Crippen molar-refractivity contribution >= 4 is 5.91 Å². The number of hydrogen-bond donors (Lipinski definition) is 1. The largest absolute Gasteiger partial charge is 0.348 e. The third-order valence-electron chi connectivity index (χ3n) is 3.43. The molecule has 0 saturated heterocycles. The van der Waals surface area contributed by atoms with Crippen molar-refractivity contribution in [1.29, 1.82) is 5.26 Å². The van der Waals surface area contributed by atoms with E-state index in [4.69, 9.17) is 5.26 Å². The molecule has 4 heteroatoms. The van der Waals surface area contributed by atoms with Gasteiger partial charge in [0.2, 0.25) is 0 Å². The van der Waals surface area contributed by atoms with Crippen molar-refractivity contribution in [2.45, 2.75) is 32.2 Å². The summed E-state index contributed by atoms with van der Waals surface area (Å²) >= 11 is 0. The number of hydrogen-bond acceptors (Lipinski definition) is 2. The van der Waals surface area contributed by atoms with Gasteiger partial charge in [0, 0.05) is 11.6 Å². The Kier molecular flexibility index (Phi) is 3.61. The van der Waals surface area contributed by atoms with E-state index in [0.717, 1.165) is 19.3 Å². The Hall–Kier alpha value is -1.89. The van der Waals surface area contributed by atoms with Crippen LogP contribution in [0.4, 0.5) is 4.39 Å². The van der Waals surface area contributed by atoms with Gasteiger partial charge in [0.05, 0.1) is 12.0 Å². The highest BCUT2D eigenvalue weighted by Crippen LogP contribution is 2.25. The van der Waals surface area contributed by atoms with Crippen molar-refractivity contribution in [3.05, 3.63) is 35.1 Å². The predicted molar refractivity (Wildman–Crippen MR) is 65.3 cm³/mol. The Labute approximate surface area is 106 Å². The molecule has 3 nitrogen and oxygen atoms in total. The van der Waals surface area contributed by atoms with Gasteiger partial charge in [-0.05, 0) is 49.9 Å². The van der Waals surface area contributed by atoms with E-state index < -0.39 is 0 Å². The second-order valence-corrected chi connectivity index (χ2v) is 4.71. The molecule has 2 rings (SSSR count). The molecule has 0 aliphatic heterocycles. The molecule has 18 heavy (non-hydrogen) atoms. The van der Waals surface area contributed by atoms with Gasteiger partial charge in [0.1, 0.15) is 5.82 Å². The molecule has 1 N–H and O–H groups in total. The molecule has 0 aromatic heterocycles. The van der Waals surface area contributed by atoms with Crippen molar-refractivity contribution in [2.24, 2.45) is 5.92 Å². The van der Waals surface area contributed by atoms with E-state index in [2.05, 4.69) is 11.4 Å². The number of nitrogens with zero attached hydrogens (tertiary/aromatic N) is 1. The first-order valence-corrected chi connectivity index (χ1v) is 6.08. The summed E-state index contributed by atoms with van der Waals surface area (Å²) in [7, 11) is 0. The number of aryl methyl sites for hydroxylation is 1. The maximum absolute atomic E-state index is 13.0. The molecule has 1 aromatic rings. The molecule has 2 atom stereocenters. The number of amides is 1. The minimum atomic E-state index is -0.347. The third-order valence-corrected chi connectivity index (χ3v) is 3.43. The molecule has 1 aliphatic rings. The summed E-state index contributed by atoms with van der Waals surface area (Å²) in [6, 6.07) is 6.24. The Bertz CT molecular complexity index is 507. The standard InChI is InChI=1S/C14H15FN2O/c1-9-7-11(15)5-6-12(9)14(18)17-13-4-2-3-10(13)8-16/h5-7,10,13H,2-4H2,1H3,(H,17,18). The highest BCUT2D eigenvalue weighted by atomic mass is 19.1. The zero-order valence-electron chi connectivity index (χ0n) is 10.2. The zero-order chi connectivity index (χ0) is 13.1. The predicted octanol–water partition coefficient (Wildman–Crippen LogP) is 2.56. The molecule has 1 amide bonds. The molecular formula is C14H15FN2O. The minimum Gasteiger partial charge on any atom is -0.348 e. The SMILES string of the molecule is Cc1cc(F)ccc1C(=O)NC1CCCC1C#N. The van der Waals surface area contributed by atoms with Gasteiger partial charge in [-0.25, -0.2) is 4.39 Å². The summed E-state index contributed by atoms with van der Waals surface area (Å²) in [5.74, 6) is -0.672. The number of nitriles is 1. The van der Waals surface area contributed by atoms with Crippen molar-refractivity contribution < 1.29 is 9.18 Å². The third kappa shape index (κ3) is 2.51. The lowest BCUT2D eigenvalue weighted by Crippen LogP contribution is -2.37. The Morgan fingerprint density at radius 1 is 1.50 bits per heavy atom.